The molecule has 0 radical (unpaired) electrons. The summed E-state index contributed by atoms with van der Waals surface area (Å²) in [4.78, 5) is 34.9. The first-order chi connectivity index (χ1) is 10.8. The highest BCUT2D eigenvalue weighted by Gasteiger charge is 2.13. The van der Waals surface area contributed by atoms with Gasteiger partial charge in [-0.2, -0.15) is 0 Å². The molecule has 0 fully saturated rings. The van der Waals surface area contributed by atoms with Crippen LogP contribution in [0.2, 0.25) is 5.02 Å². The van der Waals surface area contributed by atoms with Gasteiger partial charge in [0.25, 0.3) is 11.8 Å². The number of benzene rings is 1. The van der Waals surface area contributed by atoms with Crippen LogP contribution in [0.5, 0.6) is 0 Å². The molecule has 6 nitrogen and oxygen atoms in total. The van der Waals surface area contributed by atoms with Gasteiger partial charge in [0.2, 0.25) is 0 Å². The van der Waals surface area contributed by atoms with Crippen molar-refractivity contribution in [1.29, 1.82) is 0 Å². The van der Waals surface area contributed by atoms with E-state index in [4.69, 9.17) is 16.3 Å². The summed E-state index contributed by atoms with van der Waals surface area (Å²) in [5.74, 6) is -1.19. The molecule has 1 aromatic carbocycles. The van der Waals surface area contributed by atoms with E-state index in [9.17, 15) is 14.4 Å². The minimum absolute atomic E-state index is 0.00851. The molecule has 0 aromatic heterocycles. The Bertz CT molecular complexity index is 558. The minimum atomic E-state index is -0.681. The molecule has 0 aliphatic carbocycles. The summed E-state index contributed by atoms with van der Waals surface area (Å²) in [5.41, 5.74) is 0.380. The van der Waals surface area contributed by atoms with Gasteiger partial charge in [0.15, 0.2) is 6.61 Å². The van der Waals surface area contributed by atoms with E-state index in [1.54, 1.807) is 24.3 Å². The molecule has 23 heavy (non-hydrogen) atoms. The van der Waals surface area contributed by atoms with Crippen LogP contribution in [0, 0.1) is 5.92 Å². The molecular formula is C16H21ClN2O4. The van der Waals surface area contributed by atoms with Crippen molar-refractivity contribution in [3.8, 4) is 0 Å². The Morgan fingerprint density at radius 2 is 1.74 bits per heavy atom. The third-order valence-electron chi connectivity index (χ3n) is 3.25. The largest absolute Gasteiger partial charge is 0.454 e. The Kier molecular flexibility index (Phi) is 7.54. The lowest BCUT2D eigenvalue weighted by Crippen LogP contribution is -2.39. The number of ether oxygens (including phenoxy) is 1. The van der Waals surface area contributed by atoms with Gasteiger partial charge in [-0.25, -0.2) is 0 Å². The number of amides is 2. The summed E-state index contributed by atoms with van der Waals surface area (Å²) in [6.07, 6.45) is 0. The molecule has 0 bridgehead atoms. The summed E-state index contributed by atoms with van der Waals surface area (Å²) >= 11 is 5.73. The third-order valence-corrected chi connectivity index (χ3v) is 3.50. The Morgan fingerprint density at radius 1 is 1.13 bits per heavy atom. The van der Waals surface area contributed by atoms with Crippen molar-refractivity contribution in [2.75, 3.05) is 13.2 Å². The second-order valence-corrected chi connectivity index (χ2v) is 5.89. The van der Waals surface area contributed by atoms with Crippen molar-refractivity contribution in [2.45, 2.75) is 26.8 Å². The first kappa shape index (κ1) is 19.0. The van der Waals surface area contributed by atoms with E-state index in [2.05, 4.69) is 10.6 Å². The molecule has 1 atom stereocenters. The molecule has 7 heteroatoms. The normalized spacial score (nSPS) is 11.7. The van der Waals surface area contributed by atoms with Crippen LogP contribution in [0.3, 0.4) is 0 Å². The smallest absolute Gasteiger partial charge is 0.325 e. The Morgan fingerprint density at radius 3 is 2.30 bits per heavy atom. The van der Waals surface area contributed by atoms with E-state index in [1.165, 1.54) is 0 Å². The van der Waals surface area contributed by atoms with E-state index in [-0.39, 0.29) is 31.0 Å². The van der Waals surface area contributed by atoms with Crippen LogP contribution in [-0.2, 0) is 14.3 Å². The van der Waals surface area contributed by atoms with Gasteiger partial charge >= 0.3 is 5.97 Å². The molecule has 1 aromatic rings. The van der Waals surface area contributed by atoms with Crippen molar-refractivity contribution >= 4 is 29.4 Å². The third kappa shape index (κ3) is 7.15. The monoisotopic (exact) mass is 340 g/mol. The molecule has 2 amide bonds. The maximum absolute atomic E-state index is 11.8. The Hall–Kier alpha value is -2.08. The van der Waals surface area contributed by atoms with Gasteiger partial charge in [0.05, 0.1) is 0 Å². The fraction of sp³-hybridized carbons (Fsp3) is 0.438. The fourth-order valence-electron chi connectivity index (χ4n) is 1.52. The van der Waals surface area contributed by atoms with Crippen molar-refractivity contribution in [1.82, 2.24) is 10.6 Å². The predicted octanol–water partition coefficient (Wildman–Crippen LogP) is 1.77. The minimum Gasteiger partial charge on any atom is -0.454 e. The summed E-state index contributed by atoms with van der Waals surface area (Å²) in [6, 6.07) is 6.24. The van der Waals surface area contributed by atoms with Crippen LogP contribution in [0.1, 0.15) is 31.1 Å². The van der Waals surface area contributed by atoms with Crippen LogP contribution in [0.25, 0.3) is 0 Å². The zero-order chi connectivity index (χ0) is 17.4. The van der Waals surface area contributed by atoms with Crippen LogP contribution in [0.15, 0.2) is 24.3 Å². The average molecular weight is 341 g/mol. The summed E-state index contributed by atoms with van der Waals surface area (Å²) in [5, 5.41) is 5.64. The van der Waals surface area contributed by atoms with Gasteiger partial charge in [0, 0.05) is 16.6 Å². The first-order valence-corrected chi connectivity index (χ1v) is 7.66. The molecule has 0 aliphatic heterocycles. The van der Waals surface area contributed by atoms with Gasteiger partial charge < -0.3 is 15.4 Å². The number of rotatable bonds is 7. The first-order valence-electron chi connectivity index (χ1n) is 7.28. The zero-order valence-electron chi connectivity index (χ0n) is 13.4. The zero-order valence-corrected chi connectivity index (χ0v) is 14.1. The highest BCUT2D eigenvalue weighted by atomic mass is 35.5. The topological polar surface area (TPSA) is 84.5 Å². The van der Waals surface area contributed by atoms with Crippen molar-refractivity contribution < 1.29 is 19.1 Å². The molecule has 0 aliphatic rings. The van der Waals surface area contributed by atoms with E-state index in [0.717, 1.165) is 0 Å². The highest BCUT2D eigenvalue weighted by Crippen LogP contribution is 2.09. The highest BCUT2D eigenvalue weighted by molar-refractivity contribution is 6.30. The lowest BCUT2D eigenvalue weighted by Gasteiger charge is -2.17. The van der Waals surface area contributed by atoms with Crippen LogP contribution < -0.4 is 10.6 Å². The molecule has 2 N–H and O–H groups in total. The van der Waals surface area contributed by atoms with E-state index >= 15 is 0 Å². The van der Waals surface area contributed by atoms with Gasteiger partial charge in [-0.3, -0.25) is 14.4 Å². The summed E-state index contributed by atoms with van der Waals surface area (Å²) in [7, 11) is 0. The summed E-state index contributed by atoms with van der Waals surface area (Å²) in [6.45, 7) is 5.14. The number of halogens is 1. The summed E-state index contributed by atoms with van der Waals surface area (Å²) < 4.78 is 4.80. The number of esters is 1. The number of nitrogens with one attached hydrogen (secondary N) is 2. The van der Waals surface area contributed by atoms with Gasteiger partial charge in [-0.1, -0.05) is 25.4 Å². The number of hydrogen-bond donors (Lipinski definition) is 2. The van der Waals surface area contributed by atoms with Gasteiger partial charge in [-0.15, -0.1) is 0 Å². The molecule has 0 spiro atoms. The van der Waals surface area contributed by atoms with Crippen molar-refractivity contribution in [3.63, 3.8) is 0 Å². The van der Waals surface area contributed by atoms with Gasteiger partial charge in [0.1, 0.15) is 6.54 Å². The molecule has 0 saturated carbocycles. The molecule has 0 heterocycles. The van der Waals surface area contributed by atoms with Crippen LogP contribution >= 0.6 is 11.6 Å². The Labute approximate surface area is 140 Å². The fourth-order valence-corrected chi connectivity index (χ4v) is 1.64. The van der Waals surface area contributed by atoms with Crippen molar-refractivity contribution in [2.24, 2.45) is 5.92 Å². The molecule has 0 saturated heterocycles. The van der Waals surface area contributed by atoms with Crippen molar-refractivity contribution in [3.05, 3.63) is 34.9 Å². The number of carbonyl (C=O) groups is 3. The average Bonchev–Trinajstić information content (AvgIpc) is 2.51. The quantitative estimate of drug-likeness (QED) is 0.741. The second-order valence-electron chi connectivity index (χ2n) is 5.45. The molecular weight excluding hydrogens is 320 g/mol. The lowest BCUT2D eigenvalue weighted by molar-refractivity contribution is -0.147. The van der Waals surface area contributed by atoms with Crippen LogP contribution in [-0.4, -0.2) is 37.0 Å². The number of hydrogen-bond acceptors (Lipinski definition) is 4. The van der Waals surface area contributed by atoms with Gasteiger partial charge in [-0.05, 0) is 37.1 Å². The SMILES string of the molecule is CC(C)[C@@H](C)NC(=O)COC(=O)CNC(=O)c1ccc(Cl)cc1. The lowest BCUT2D eigenvalue weighted by atomic mass is 10.1. The second kappa shape index (κ2) is 9.15. The Balaban J connectivity index is 2.30. The standard InChI is InChI=1S/C16H21ClN2O4/c1-10(2)11(3)19-14(20)9-23-15(21)8-18-16(22)12-4-6-13(17)7-5-12/h4-7,10-11H,8-9H2,1-3H3,(H,18,22)(H,19,20)/t11-/m1/s1. The van der Waals surface area contributed by atoms with E-state index < -0.39 is 11.9 Å². The number of carbonyl (C=O) groups excluding carboxylic acids is 3. The van der Waals surface area contributed by atoms with Crippen LogP contribution in [0.4, 0.5) is 0 Å². The van der Waals surface area contributed by atoms with E-state index in [1.807, 2.05) is 20.8 Å². The predicted molar refractivity (Wildman–Crippen MR) is 87.2 cm³/mol. The molecule has 126 valence electrons. The van der Waals surface area contributed by atoms with E-state index in [0.29, 0.717) is 10.6 Å². The molecule has 0 unspecified atom stereocenters. The molecule has 1 rings (SSSR count). The maximum Gasteiger partial charge on any atom is 0.325 e. The maximum atomic E-state index is 11.8.